The molecule has 0 rings (SSSR count). The maximum atomic E-state index is 3.72. The van der Waals surface area contributed by atoms with Crippen molar-refractivity contribution < 1.29 is 0 Å². The van der Waals surface area contributed by atoms with Crippen LogP contribution < -0.4 is 0 Å². The van der Waals surface area contributed by atoms with Crippen molar-refractivity contribution in [2.45, 2.75) is 13.8 Å². The van der Waals surface area contributed by atoms with Crippen molar-refractivity contribution >= 4 is 7.28 Å². The Kier molecular flexibility index (Phi) is 5.27. The molecule has 0 heterocycles. The van der Waals surface area contributed by atoms with Crippen molar-refractivity contribution in [1.29, 1.82) is 0 Å². The first-order chi connectivity index (χ1) is 5.28. The maximum Gasteiger partial charge on any atom is 0.191 e. The second-order valence-corrected chi connectivity index (χ2v) is 2.31. The van der Waals surface area contributed by atoms with Gasteiger partial charge in [0.1, 0.15) is 0 Å². The summed E-state index contributed by atoms with van der Waals surface area (Å²) < 4.78 is 0. The Hall–Kier alpha value is -0.975. The molecule has 0 atom stereocenters. The Morgan fingerprint density at radius 2 is 1.36 bits per heavy atom. The molecule has 0 fully saturated rings. The summed E-state index contributed by atoms with van der Waals surface area (Å²) in [5.74, 6) is 0. The third-order valence-electron chi connectivity index (χ3n) is 1.67. The van der Waals surface area contributed by atoms with Crippen molar-refractivity contribution in [3.8, 4) is 0 Å². The lowest BCUT2D eigenvalue weighted by Gasteiger charge is -1.98. The minimum atomic E-state index is 0.944. The van der Waals surface area contributed by atoms with Crippen LogP contribution in [0.3, 0.4) is 0 Å². The molecule has 1 heteroatoms. The Morgan fingerprint density at radius 1 is 1.00 bits per heavy atom. The third-order valence-corrected chi connectivity index (χ3v) is 1.67. The summed E-state index contributed by atoms with van der Waals surface area (Å²) in [6, 6.07) is 0. The fourth-order valence-electron chi connectivity index (χ4n) is 0.820. The van der Waals surface area contributed by atoms with E-state index in [4.69, 9.17) is 0 Å². The van der Waals surface area contributed by atoms with Gasteiger partial charge in [0.15, 0.2) is 7.28 Å². The normalized spacial score (nSPS) is 12.5. The smallest absolute Gasteiger partial charge is 0.0996 e. The number of hydrogen-bond donors (Lipinski definition) is 0. The van der Waals surface area contributed by atoms with Crippen LogP contribution in [0, 0.1) is 0 Å². The van der Waals surface area contributed by atoms with Gasteiger partial charge in [-0.05, 0) is 13.8 Å². The molecule has 0 aliphatic carbocycles. The largest absolute Gasteiger partial charge is 0.191 e. The van der Waals surface area contributed by atoms with E-state index in [0.717, 1.165) is 7.28 Å². The zero-order valence-electron chi connectivity index (χ0n) is 7.43. The number of allylic oxidation sites excluding steroid dienone is 6. The lowest BCUT2D eigenvalue weighted by molar-refractivity contribution is 1.66. The van der Waals surface area contributed by atoms with Gasteiger partial charge in [0.2, 0.25) is 0 Å². The van der Waals surface area contributed by atoms with Crippen LogP contribution in [-0.4, -0.2) is 7.28 Å². The van der Waals surface area contributed by atoms with Crippen LogP contribution in [0.4, 0.5) is 0 Å². The van der Waals surface area contributed by atoms with Gasteiger partial charge in [-0.15, -0.1) is 0 Å². The van der Waals surface area contributed by atoms with E-state index < -0.39 is 0 Å². The van der Waals surface area contributed by atoms with Crippen LogP contribution >= 0.6 is 0 Å². The summed E-state index contributed by atoms with van der Waals surface area (Å²) in [5, 5.41) is 0. The van der Waals surface area contributed by atoms with E-state index in [2.05, 4.69) is 25.3 Å². The predicted molar refractivity (Wildman–Crippen MR) is 55.1 cm³/mol. The molecule has 0 amide bonds. The van der Waals surface area contributed by atoms with E-state index in [1.807, 2.05) is 26.0 Å². The summed E-state index contributed by atoms with van der Waals surface area (Å²) in [6.07, 6.45) is 7.90. The molecule has 0 spiro atoms. The predicted octanol–water partition coefficient (Wildman–Crippen LogP) is 2.60. The Bertz CT molecular complexity index is 175. The zero-order valence-corrected chi connectivity index (χ0v) is 7.43. The van der Waals surface area contributed by atoms with Crippen LogP contribution in [0.1, 0.15) is 13.8 Å². The van der Waals surface area contributed by atoms with E-state index in [9.17, 15) is 0 Å². The van der Waals surface area contributed by atoms with Crippen LogP contribution in [0.25, 0.3) is 0 Å². The topological polar surface area (TPSA) is 0 Å². The molecule has 58 valence electrons. The molecule has 11 heavy (non-hydrogen) atoms. The zero-order chi connectivity index (χ0) is 8.69. The number of hydrogen-bond acceptors (Lipinski definition) is 0. The summed E-state index contributed by atoms with van der Waals surface area (Å²) in [7, 11) is 0.944. The molecular formula is C10H15B. The minimum absolute atomic E-state index is 0.944. The van der Waals surface area contributed by atoms with Gasteiger partial charge < -0.3 is 0 Å². The van der Waals surface area contributed by atoms with Gasteiger partial charge >= 0.3 is 0 Å². The number of rotatable bonds is 4. The maximum absolute atomic E-state index is 3.72. The second kappa shape index (κ2) is 5.78. The monoisotopic (exact) mass is 146 g/mol. The van der Waals surface area contributed by atoms with Crippen LogP contribution in [0.5, 0.6) is 0 Å². The molecule has 0 aliphatic rings. The van der Waals surface area contributed by atoms with E-state index in [-0.39, 0.29) is 0 Å². The van der Waals surface area contributed by atoms with Gasteiger partial charge in [0.25, 0.3) is 0 Å². The first-order valence-corrected chi connectivity index (χ1v) is 3.83. The highest BCUT2D eigenvalue weighted by Gasteiger charge is 1.95. The van der Waals surface area contributed by atoms with E-state index in [1.165, 1.54) is 10.9 Å². The Morgan fingerprint density at radius 3 is 1.55 bits per heavy atom. The average Bonchev–Trinajstić information content (AvgIpc) is 2.07. The molecule has 0 nitrogen and oxygen atoms in total. The summed E-state index contributed by atoms with van der Waals surface area (Å²) in [5.41, 5.74) is 2.50. The molecule has 0 bridgehead atoms. The van der Waals surface area contributed by atoms with Crippen molar-refractivity contribution in [2.24, 2.45) is 0 Å². The molecule has 0 aromatic rings. The lowest BCUT2D eigenvalue weighted by Crippen LogP contribution is -1.95. The minimum Gasteiger partial charge on any atom is -0.0996 e. The Balaban J connectivity index is 4.22. The summed E-state index contributed by atoms with van der Waals surface area (Å²) >= 11 is 0. The highest BCUT2D eigenvalue weighted by atomic mass is 13.8. The van der Waals surface area contributed by atoms with Gasteiger partial charge in [-0.25, -0.2) is 0 Å². The summed E-state index contributed by atoms with van der Waals surface area (Å²) in [6.45, 7) is 11.5. The van der Waals surface area contributed by atoms with Crippen molar-refractivity contribution in [2.75, 3.05) is 0 Å². The second-order valence-electron chi connectivity index (χ2n) is 2.31. The molecule has 0 N–H and O–H groups in total. The quantitative estimate of drug-likeness (QED) is 0.422. The average molecular weight is 146 g/mol. The standard InChI is InChI=1S/C10H15B/c1-5-9(6-2)11-10(7-3)8-4/h5-8,11H,1,3H2,2,4H3/b9-6+,10-8+. The SMILES string of the molecule is C=C/C(B/C(C=C)=C/C)=C\C. The first kappa shape index (κ1) is 10.0. The first-order valence-electron chi connectivity index (χ1n) is 3.83. The van der Waals surface area contributed by atoms with Crippen molar-refractivity contribution in [3.63, 3.8) is 0 Å². The lowest BCUT2D eigenvalue weighted by atomic mass is 9.62. The molecule has 0 aromatic carbocycles. The van der Waals surface area contributed by atoms with Crippen LogP contribution in [0.2, 0.25) is 0 Å². The van der Waals surface area contributed by atoms with E-state index >= 15 is 0 Å². The molecule has 0 radical (unpaired) electrons. The van der Waals surface area contributed by atoms with Crippen LogP contribution in [0.15, 0.2) is 48.4 Å². The third kappa shape index (κ3) is 3.66. The van der Waals surface area contributed by atoms with Crippen LogP contribution in [-0.2, 0) is 0 Å². The van der Waals surface area contributed by atoms with Gasteiger partial charge in [-0.1, -0.05) is 48.4 Å². The Labute approximate surface area is 70.3 Å². The molecular weight excluding hydrogens is 131 g/mol. The van der Waals surface area contributed by atoms with Gasteiger partial charge in [0.05, 0.1) is 0 Å². The fraction of sp³-hybridized carbons (Fsp3) is 0.200. The molecule has 0 aromatic heterocycles. The van der Waals surface area contributed by atoms with Gasteiger partial charge in [-0.2, -0.15) is 0 Å². The van der Waals surface area contributed by atoms with Crippen molar-refractivity contribution in [1.82, 2.24) is 0 Å². The van der Waals surface area contributed by atoms with Gasteiger partial charge in [-0.3, -0.25) is 0 Å². The fourth-order valence-corrected chi connectivity index (χ4v) is 0.820. The van der Waals surface area contributed by atoms with E-state index in [0.29, 0.717) is 0 Å². The summed E-state index contributed by atoms with van der Waals surface area (Å²) in [4.78, 5) is 0. The molecule has 0 saturated carbocycles. The van der Waals surface area contributed by atoms with Crippen molar-refractivity contribution in [3.05, 3.63) is 48.4 Å². The van der Waals surface area contributed by atoms with E-state index in [1.54, 1.807) is 0 Å². The highest BCUT2D eigenvalue weighted by molar-refractivity contribution is 6.55. The molecule has 0 aliphatic heterocycles. The highest BCUT2D eigenvalue weighted by Crippen LogP contribution is 2.01. The molecule has 0 unspecified atom stereocenters. The van der Waals surface area contributed by atoms with Gasteiger partial charge in [0, 0.05) is 0 Å². The molecule has 0 saturated heterocycles.